The maximum atomic E-state index is 9.89. The van der Waals surface area contributed by atoms with Gasteiger partial charge in [-0.2, -0.15) is 4.86 Å². The van der Waals surface area contributed by atoms with E-state index in [-0.39, 0.29) is 0 Å². The van der Waals surface area contributed by atoms with Crippen LogP contribution in [-0.4, -0.2) is 16.5 Å². The topological polar surface area (TPSA) is 69.6 Å². The third kappa shape index (κ3) is 6.76. The molecule has 2 atom stereocenters. The largest absolute Gasteiger partial charge is 0.354 e. The maximum absolute atomic E-state index is 9.89. The molecule has 0 aromatic rings. The smallest absolute Gasteiger partial charge is 0.261 e. The highest BCUT2D eigenvalue weighted by atomic mass is 32.4. The van der Waals surface area contributed by atoms with Crippen molar-refractivity contribution in [1.82, 2.24) is 4.86 Å². The first-order chi connectivity index (χ1) is 3.42. The van der Waals surface area contributed by atoms with Crippen LogP contribution in [-0.2, 0) is 16.4 Å². The summed E-state index contributed by atoms with van der Waals surface area (Å²) in [6, 6.07) is 0. The van der Waals surface area contributed by atoms with Crippen LogP contribution in [0.2, 0.25) is 0 Å². The number of rotatable bonds is 2. The molecule has 0 aliphatic carbocycles. The van der Waals surface area contributed by atoms with Crippen molar-refractivity contribution in [2.75, 3.05) is 6.66 Å². The molecular formula is CH7NO3P2S. The monoisotopic (exact) mass is 175 g/mol. The molecule has 0 aromatic carbocycles. The highest BCUT2D eigenvalue weighted by molar-refractivity contribution is 8.12. The molecule has 0 aliphatic heterocycles. The molecule has 50 valence electrons. The fourth-order valence-corrected chi connectivity index (χ4v) is 2.30. The molecule has 3 N–H and O–H groups in total. The Balaban J connectivity index is 3.74. The van der Waals surface area contributed by atoms with Crippen LogP contribution in [0.1, 0.15) is 0 Å². The molecule has 4 nitrogen and oxygen atoms in total. The summed E-state index contributed by atoms with van der Waals surface area (Å²) in [4.78, 5) is 18.8. The zero-order chi connectivity index (χ0) is 6.78. The van der Waals surface area contributed by atoms with E-state index in [2.05, 4.69) is 11.8 Å². The minimum absolute atomic E-state index is 1.32. The summed E-state index contributed by atoms with van der Waals surface area (Å²) in [6.45, 7) is 1.32. The van der Waals surface area contributed by atoms with Gasteiger partial charge in [-0.05, 0) is 0 Å². The Morgan fingerprint density at radius 3 is 2.25 bits per heavy atom. The first-order valence-corrected chi connectivity index (χ1v) is 6.29. The first-order valence-electron chi connectivity index (χ1n) is 1.73. The molecule has 0 rings (SSSR count). The van der Waals surface area contributed by atoms with E-state index in [1.165, 1.54) is 6.66 Å². The van der Waals surface area contributed by atoms with Gasteiger partial charge in [0.2, 0.25) is 0 Å². The Hall–Kier alpha value is 0.760. The lowest BCUT2D eigenvalue weighted by Gasteiger charge is -2.05. The Kier molecular flexibility index (Phi) is 3.35. The van der Waals surface area contributed by atoms with Crippen LogP contribution in [0.25, 0.3) is 0 Å². The molecule has 0 saturated carbocycles. The van der Waals surface area contributed by atoms with Gasteiger partial charge in [-0.1, -0.05) is 11.8 Å². The second-order valence-electron chi connectivity index (χ2n) is 1.30. The van der Waals surface area contributed by atoms with E-state index in [1.54, 1.807) is 0 Å². The average molecular weight is 175 g/mol. The molecule has 0 aliphatic rings. The molecular weight excluding hydrogens is 168 g/mol. The molecule has 8 heavy (non-hydrogen) atoms. The van der Waals surface area contributed by atoms with Gasteiger partial charge in [0.15, 0.2) is 0 Å². The van der Waals surface area contributed by atoms with Gasteiger partial charge in [0, 0.05) is 6.66 Å². The third-order valence-electron chi connectivity index (χ3n) is 0.303. The van der Waals surface area contributed by atoms with E-state index < -0.39 is 14.6 Å². The van der Waals surface area contributed by atoms with Crippen LogP contribution in [0, 0.1) is 0 Å². The van der Waals surface area contributed by atoms with Crippen molar-refractivity contribution in [3.63, 3.8) is 0 Å². The van der Waals surface area contributed by atoms with Gasteiger partial charge < -0.3 is 9.79 Å². The fourth-order valence-electron chi connectivity index (χ4n) is 0.177. The fraction of sp³-hybridized carbons (Fsp3) is 1.00. The van der Waals surface area contributed by atoms with Crippen LogP contribution in [0.4, 0.5) is 0 Å². The summed E-state index contributed by atoms with van der Waals surface area (Å²) >= 11 is 4.38. The van der Waals surface area contributed by atoms with Crippen molar-refractivity contribution in [3.8, 4) is 0 Å². The molecule has 0 amide bonds. The number of nitrogens with one attached hydrogen (secondary N) is 1. The minimum atomic E-state index is -2.80. The first kappa shape index (κ1) is 8.76. The van der Waals surface area contributed by atoms with E-state index >= 15 is 0 Å². The zero-order valence-electron chi connectivity index (χ0n) is 4.16. The van der Waals surface area contributed by atoms with Gasteiger partial charge >= 0.3 is 0 Å². The summed E-state index contributed by atoms with van der Waals surface area (Å²) in [5.74, 6) is 0. The Morgan fingerprint density at radius 1 is 1.88 bits per heavy atom. The molecule has 0 bridgehead atoms. The summed E-state index contributed by atoms with van der Waals surface area (Å²) in [5.41, 5.74) is 0. The van der Waals surface area contributed by atoms with Crippen molar-refractivity contribution in [1.29, 1.82) is 0 Å². The quantitative estimate of drug-likeness (QED) is 0.511. The maximum Gasteiger partial charge on any atom is 0.261 e. The predicted octanol–water partition coefficient (Wildman–Crippen LogP) is -0.110. The van der Waals surface area contributed by atoms with Crippen LogP contribution >= 0.6 is 14.6 Å². The molecule has 0 aromatic heterocycles. The predicted molar refractivity (Wildman–Crippen MR) is 36.8 cm³/mol. The Morgan fingerprint density at radius 2 is 2.25 bits per heavy atom. The highest BCUT2D eigenvalue weighted by Gasteiger charge is 2.03. The van der Waals surface area contributed by atoms with Crippen LogP contribution in [0.15, 0.2) is 0 Å². The third-order valence-corrected chi connectivity index (χ3v) is 3.55. The van der Waals surface area contributed by atoms with E-state index in [1.807, 2.05) is 4.86 Å². The van der Waals surface area contributed by atoms with Gasteiger partial charge in [0.05, 0.1) is 0 Å². The van der Waals surface area contributed by atoms with Crippen molar-refractivity contribution in [2.45, 2.75) is 0 Å². The Labute approximate surface area is 53.0 Å². The van der Waals surface area contributed by atoms with Crippen molar-refractivity contribution >= 4 is 26.4 Å². The van der Waals surface area contributed by atoms with E-state index in [0.29, 0.717) is 0 Å². The molecule has 0 radical (unpaired) electrons. The lowest BCUT2D eigenvalue weighted by molar-refractivity contribution is 0.497. The van der Waals surface area contributed by atoms with Gasteiger partial charge in [-0.3, -0.25) is 4.57 Å². The van der Waals surface area contributed by atoms with Gasteiger partial charge in [0.25, 0.3) is 8.18 Å². The summed E-state index contributed by atoms with van der Waals surface area (Å²) < 4.78 is 9.89. The van der Waals surface area contributed by atoms with Crippen molar-refractivity contribution in [3.05, 3.63) is 0 Å². The van der Waals surface area contributed by atoms with E-state index in [0.717, 1.165) is 0 Å². The highest BCUT2D eigenvalue weighted by Crippen LogP contribution is 2.36. The summed E-state index contributed by atoms with van der Waals surface area (Å²) in [6.07, 6.45) is -2.66. The van der Waals surface area contributed by atoms with Gasteiger partial charge in [0.1, 0.15) is 6.42 Å². The molecule has 0 fully saturated rings. The van der Waals surface area contributed by atoms with Gasteiger partial charge in [-0.25, -0.2) is 0 Å². The van der Waals surface area contributed by atoms with E-state index in [9.17, 15) is 4.57 Å². The summed E-state index contributed by atoms with van der Waals surface area (Å²) in [7, 11) is -2.80. The minimum Gasteiger partial charge on any atom is -0.354 e. The molecule has 2 unspecified atom stereocenters. The second-order valence-corrected chi connectivity index (χ2v) is 6.69. The van der Waals surface area contributed by atoms with Crippen molar-refractivity contribution in [2.24, 2.45) is 0 Å². The normalized spacial score (nSPS) is 21.9. The number of hydrogen-bond acceptors (Lipinski definition) is 2. The number of hydrogen-bond donors (Lipinski definition) is 3. The Bertz CT molecular complexity index is 140. The second kappa shape index (κ2) is 3.06. The molecule has 0 saturated heterocycles. The van der Waals surface area contributed by atoms with Gasteiger partial charge in [-0.15, -0.1) is 0 Å². The molecule has 0 heterocycles. The van der Waals surface area contributed by atoms with E-state index in [4.69, 9.17) is 9.79 Å². The van der Waals surface area contributed by atoms with Crippen LogP contribution in [0.3, 0.4) is 0 Å². The zero-order valence-corrected chi connectivity index (χ0v) is 6.87. The lowest BCUT2D eigenvalue weighted by atomic mass is 12.0. The lowest BCUT2D eigenvalue weighted by Crippen LogP contribution is -1.95. The SMILES string of the molecule is CP(O)(=S)N[PH](=O)O. The standard InChI is InChI=1S/CH7NO3P2S/c1-7(5,8)2-6(3)4/h6H,1H3,(H3,2,3,4,5,8). The average Bonchev–Trinajstić information content (AvgIpc) is 1.21. The van der Waals surface area contributed by atoms with Crippen LogP contribution in [0.5, 0.6) is 0 Å². The molecule has 0 spiro atoms. The molecule has 7 heteroatoms. The summed E-state index contributed by atoms with van der Waals surface area (Å²) in [5, 5.41) is 0. The van der Waals surface area contributed by atoms with Crippen LogP contribution < -0.4 is 4.86 Å². The van der Waals surface area contributed by atoms with Crippen molar-refractivity contribution < 1.29 is 14.4 Å².